The monoisotopic (exact) mass is 397 g/mol. The molecule has 0 bridgehead atoms. The standard InChI is InChI=1S/C24H31NO4/c1-15(2)21-9-7-8-17(5)22(21)25-23(26)18(6)29-24(27)20-12-10-19(11-13-20)14-28-16(3)4/h7-13,15-16,18H,14H2,1-6H3,(H,25,26)/t18-/m0/s1. The molecular formula is C24H31NO4. The first-order valence-electron chi connectivity index (χ1n) is 10.0. The fourth-order valence-corrected chi connectivity index (χ4v) is 2.85. The third-order valence-corrected chi connectivity index (χ3v) is 4.60. The molecule has 2 aromatic carbocycles. The van der Waals surface area contributed by atoms with Crippen molar-refractivity contribution in [2.24, 2.45) is 0 Å². The van der Waals surface area contributed by atoms with Crippen molar-refractivity contribution < 1.29 is 19.1 Å². The lowest BCUT2D eigenvalue weighted by Gasteiger charge is -2.19. The second-order valence-corrected chi connectivity index (χ2v) is 7.79. The Bertz CT molecular complexity index is 840. The van der Waals surface area contributed by atoms with E-state index in [0.717, 1.165) is 22.4 Å². The molecule has 5 nitrogen and oxygen atoms in total. The van der Waals surface area contributed by atoms with Crippen molar-refractivity contribution in [1.29, 1.82) is 0 Å². The molecular weight excluding hydrogens is 366 g/mol. The van der Waals surface area contributed by atoms with Gasteiger partial charge in [0, 0.05) is 5.69 Å². The molecule has 1 amide bonds. The summed E-state index contributed by atoms with van der Waals surface area (Å²) >= 11 is 0. The van der Waals surface area contributed by atoms with Crippen LogP contribution in [0.1, 0.15) is 67.6 Å². The van der Waals surface area contributed by atoms with Gasteiger partial charge in [-0.25, -0.2) is 4.79 Å². The van der Waals surface area contributed by atoms with Gasteiger partial charge in [0.1, 0.15) is 0 Å². The van der Waals surface area contributed by atoms with E-state index in [9.17, 15) is 9.59 Å². The number of nitrogens with one attached hydrogen (secondary N) is 1. The number of anilines is 1. The lowest BCUT2D eigenvalue weighted by atomic mass is 9.98. The normalized spacial score (nSPS) is 12.1. The third-order valence-electron chi connectivity index (χ3n) is 4.60. The van der Waals surface area contributed by atoms with Crippen LogP contribution in [0, 0.1) is 6.92 Å². The maximum absolute atomic E-state index is 12.6. The summed E-state index contributed by atoms with van der Waals surface area (Å²) in [6, 6.07) is 12.9. The van der Waals surface area contributed by atoms with Crippen molar-refractivity contribution in [2.45, 2.75) is 66.3 Å². The summed E-state index contributed by atoms with van der Waals surface area (Å²) in [6.45, 7) is 12.1. The number of carbonyl (C=O) groups is 2. The second-order valence-electron chi connectivity index (χ2n) is 7.79. The molecule has 0 unspecified atom stereocenters. The van der Waals surface area contributed by atoms with E-state index >= 15 is 0 Å². The molecule has 156 valence electrons. The Morgan fingerprint density at radius 2 is 1.62 bits per heavy atom. The number of amides is 1. The van der Waals surface area contributed by atoms with E-state index < -0.39 is 12.1 Å². The predicted octanol–water partition coefficient (Wildman–Crippen LogP) is 5.23. The highest BCUT2D eigenvalue weighted by Crippen LogP contribution is 2.27. The number of hydrogen-bond acceptors (Lipinski definition) is 4. The van der Waals surface area contributed by atoms with Crippen LogP contribution >= 0.6 is 0 Å². The zero-order valence-corrected chi connectivity index (χ0v) is 18.1. The number of para-hydroxylation sites is 1. The summed E-state index contributed by atoms with van der Waals surface area (Å²) in [5.41, 5.74) is 4.18. The van der Waals surface area contributed by atoms with Crippen LogP contribution < -0.4 is 5.32 Å². The number of rotatable bonds is 8. The number of aryl methyl sites for hydroxylation is 1. The van der Waals surface area contributed by atoms with Crippen molar-refractivity contribution >= 4 is 17.6 Å². The largest absolute Gasteiger partial charge is 0.449 e. The molecule has 2 aromatic rings. The smallest absolute Gasteiger partial charge is 0.338 e. The van der Waals surface area contributed by atoms with Gasteiger partial charge >= 0.3 is 5.97 Å². The fourth-order valence-electron chi connectivity index (χ4n) is 2.85. The van der Waals surface area contributed by atoms with Crippen molar-refractivity contribution in [3.63, 3.8) is 0 Å². The molecule has 2 rings (SSSR count). The number of hydrogen-bond donors (Lipinski definition) is 1. The summed E-state index contributed by atoms with van der Waals surface area (Å²) in [6.07, 6.45) is -0.769. The maximum atomic E-state index is 12.6. The van der Waals surface area contributed by atoms with E-state index in [1.54, 1.807) is 19.1 Å². The van der Waals surface area contributed by atoms with Crippen LogP contribution in [0.25, 0.3) is 0 Å². The number of esters is 1. The van der Waals surface area contributed by atoms with Gasteiger partial charge < -0.3 is 14.8 Å². The molecule has 0 saturated heterocycles. The molecule has 29 heavy (non-hydrogen) atoms. The van der Waals surface area contributed by atoms with Crippen LogP contribution in [-0.2, 0) is 20.9 Å². The van der Waals surface area contributed by atoms with Gasteiger partial charge in [-0.2, -0.15) is 0 Å². The van der Waals surface area contributed by atoms with Gasteiger partial charge in [0.25, 0.3) is 5.91 Å². The average molecular weight is 398 g/mol. The highest BCUT2D eigenvalue weighted by atomic mass is 16.5. The van der Waals surface area contributed by atoms with Crippen molar-refractivity contribution in [1.82, 2.24) is 0 Å². The summed E-state index contributed by atoms with van der Waals surface area (Å²) < 4.78 is 10.9. The molecule has 1 atom stereocenters. The highest BCUT2D eigenvalue weighted by molar-refractivity contribution is 5.98. The van der Waals surface area contributed by atoms with Crippen LogP contribution in [0.15, 0.2) is 42.5 Å². The predicted molar refractivity (Wildman–Crippen MR) is 115 cm³/mol. The molecule has 0 spiro atoms. The lowest BCUT2D eigenvalue weighted by molar-refractivity contribution is -0.123. The minimum absolute atomic E-state index is 0.142. The first kappa shape index (κ1) is 22.6. The van der Waals surface area contributed by atoms with E-state index in [0.29, 0.717) is 12.2 Å². The quantitative estimate of drug-likeness (QED) is 0.620. The highest BCUT2D eigenvalue weighted by Gasteiger charge is 2.21. The Hall–Kier alpha value is -2.66. The zero-order chi connectivity index (χ0) is 21.6. The van der Waals surface area contributed by atoms with Gasteiger partial charge in [-0.05, 0) is 62.4 Å². The zero-order valence-electron chi connectivity index (χ0n) is 18.1. The first-order valence-corrected chi connectivity index (χ1v) is 10.0. The second kappa shape index (κ2) is 10.2. The summed E-state index contributed by atoms with van der Waals surface area (Å²) in [5.74, 6) is -0.615. The van der Waals surface area contributed by atoms with Gasteiger partial charge in [-0.15, -0.1) is 0 Å². The Morgan fingerprint density at radius 1 is 0.966 bits per heavy atom. The average Bonchev–Trinajstić information content (AvgIpc) is 2.67. The number of ether oxygens (including phenoxy) is 2. The molecule has 5 heteroatoms. The Labute approximate surface area is 173 Å². The lowest BCUT2D eigenvalue weighted by Crippen LogP contribution is -2.30. The SMILES string of the molecule is Cc1cccc(C(C)C)c1NC(=O)[C@H](C)OC(=O)c1ccc(COC(C)C)cc1. The summed E-state index contributed by atoms with van der Waals surface area (Å²) in [5, 5.41) is 2.92. The van der Waals surface area contributed by atoms with E-state index in [1.807, 2.05) is 51.1 Å². The van der Waals surface area contributed by atoms with Crippen LogP contribution in [0.5, 0.6) is 0 Å². The molecule has 1 N–H and O–H groups in total. The third kappa shape index (κ3) is 6.43. The van der Waals surface area contributed by atoms with Crippen molar-refractivity contribution in [3.8, 4) is 0 Å². The molecule has 0 aliphatic carbocycles. The Kier molecular flexibility index (Phi) is 7.97. The van der Waals surface area contributed by atoms with Gasteiger partial charge in [-0.1, -0.05) is 44.2 Å². The summed E-state index contributed by atoms with van der Waals surface area (Å²) in [7, 11) is 0. The minimum atomic E-state index is -0.911. The van der Waals surface area contributed by atoms with E-state index in [-0.39, 0.29) is 17.9 Å². The maximum Gasteiger partial charge on any atom is 0.338 e. The van der Waals surface area contributed by atoms with Crippen LogP contribution in [-0.4, -0.2) is 24.1 Å². The van der Waals surface area contributed by atoms with Gasteiger partial charge in [0.15, 0.2) is 6.10 Å². The van der Waals surface area contributed by atoms with Crippen molar-refractivity contribution in [2.75, 3.05) is 5.32 Å². The Balaban J connectivity index is 2.00. The molecule has 0 aliphatic heterocycles. The van der Waals surface area contributed by atoms with Crippen LogP contribution in [0.4, 0.5) is 5.69 Å². The fraction of sp³-hybridized carbons (Fsp3) is 0.417. The van der Waals surface area contributed by atoms with Crippen LogP contribution in [0.2, 0.25) is 0 Å². The molecule has 0 aromatic heterocycles. The number of benzene rings is 2. The topological polar surface area (TPSA) is 64.6 Å². The van der Waals surface area contributed by atoms with Gasteiger partial charge in [0.2, 0.25) is 0 Å². The van der Waals surface area contributed by atoms with Crippen LogP contribution in [0.3, 0.4) is 0 Å². The van der Waals surface area contributed by atoms with E-state index in [2.05, 4.69) is 19.2 Å². The molecule has 0 fully saturated rings. The van der Waals surface area contributed by atoms with E-state index in [4.69, 9.17) is 9.47 Å². The minimum Gasteiger partial charge on any atom is -0.449 e. The van der Waals surface area contributed by atoms with Crippen molar-refractivity contribution in [3.05, 3.63) is 64.7 Å². The molecule has 0 aliphatic rings. The molecule has 0 heterocycles. The first-order chi connectivity index (χ1) is 13.7. The van der Waals surface area contributed by atoms with Gasteiger partial charge in [-0.3, -0.25) is 4.79 Å². The van der Waals surface area contributed by atoms with Gasteiger partial charge in [0.05, 0.1) is 18.3 Å². The number of carbonyl (C=O) groups excluding carboxylic acids is 2. The Morgan fingerprint density at radius 3 is 2.21 bits per heavy atom. The molecule has 0 saturated carbocycles. The van der Waals surface area contributed by atoms with E-state index in [1.165, 1.54) is 0 Å². The molecule has 0 radical (unpaired) electrons. The summed E-state index contributed by atoms with van der Waals surface area (Å²) in [4.78, 5) is 25.0.